The van der Waals surface area contributed by atoms with Gasteiger partial charge < -0.3 is 10.8 Å². The minimum atomic E-state index is -0.287. The molecular formula is C13H19NO. The lowest BCUT2D eigenvalue weighted by molar-refractivity contribution is 0.210. The van der Waals surface area contributed by atoms with E-state index in [1.807, 2.05) is 6.92 Å². The van der Waals surface area contributed by atoms with Crippen molar-refractivity contribution < 1.29 is 5.11 Å². The molecule has 1 aromatic rings. The van der Waals surface area contributed by atoms with Crippen molar-refractivity contribution in [1.82, 2.24) is 0 Å². The van der Waals surface area contributed by atoms with Gasteiger partial charge in [-0.1, -0.05) is 31.2 Å². The Kier molecular flexibility index (Phi) is 2.81. The predicted octanol–water partition coefficient (Wildman–Crippen LogP) is 1.77. The van der Waals surface area contributed by atoms with E-state index >= 15 is 0 Å². The van der Waals surface area contributed by atoms with Gasteiger partial charge in [0.15, 0.2) is 0 Å². The molecule has 1 unspecified atom stereocenters. The summed E-state index contributed by atoms with van der Waals surface area (Å²) in [7, 11) is 0. The summed E-state index contributed by atoms with van der Waals surface area (Å²) >= 11 is 0. The number of hydrogen-bond acceptors (Lipinski definition) is 2. The molecule has 3 N–H and O–H groups in total. The second kappa shape index (κ2) is 3.95. The predicted molar refractivity (Wildman–Crippen MR) is 61.9 cm³/mol. The van der Waals surface area contributed by atoms with Crippen molar-refractivity contribution >= 4 is 0 Å². The molecule has 1 aliphatic rings. The third-order valence-corrected chi connectivity index (χ3v) is 3.43. The lowest BCUT2D eigenvalue weighted by Crippen LogP contribution is -2.35. The van der Waals surface area contributed by atoms with Crippen LogP contribution in [0.25, 0.3) is 0 Å². The molecule has 0 saturated heterocycles. The highest BCUT2D eigenvalue weighted by molar-refractivity contribution is 5.33. The van der Waals surface area contributed by atoms with Gasteiger partial charge in [0.05, 0.1) is 6.61 Å². The zero-order valence-corrected chi connectivity index (χ0v) is 9.24. The van der Waals surface area contributed by atoms with Crippen LogP contribution < -0.4 is 5.73 Å². The zero-order valence-electron chi connectivity index (χ0n) is 9.24. The van der Waals surface area contributed by atoms with E-state index in [1.165, 1.54) is 18.4 Å². The summed E-state index contributed by atoms with van der Waals surface area (Å²) in [5.74, 6) is 0.755. The average Bonchev–Trinajstić information content (AvgIpc) is 3.12. The molecule has 1 aromatic carbocycles. The smallest absolute Gasteiger partial charge is 0.0537 e. The number of benzene rings is 1. The highest BCUT2D eigenvalue weighted by atomic mass is 16.3. The highest BCUT2D eigenvalue weighted by Gasteiger charge is 2.27. The molecule has 0 aromatic heterocycles. The van der Waals surface area contributed by atoms with Gasteiger partial charge in [0.25, 0.3) is 0 Å². The van der Waals surface area contributed by atoms with Crippen molar-refractivity contribution in [2.45, 2.75) is 31.1 Å². The molecule has 2 heteroatoms. The molecule has 0 bridgehead atoms. The lowest BCUT2D eigenvalue weighted by Gasteiger charge is -2.26. The van der Waals surface area contributed by atoms with Crippen LogP contribution in [0.15, 0.2) is 24.3 Å². The minimum Gasteiger partial charge on any atom is -0.395 e. The summed E-state index contributed by atoms with van der Waals surface area (Å²) in [6, 6.07) is 8.53. The van der Waals surface area contributed by atoms with Crippen LogP contribution in [0.5, 0.6) is 0 Å². The number of aliphatic hydroxyl groups is 1. The fraction of sp³-hybridized carbons (Fsp3) is 0.538. The molecule has 15 heavy (non-hydrogen) atoms. The Bertz CT molecular complexity index is 340. The number of rotatable bonds is 4. The van der Waals surface area contributed by atoms with Crippen LogP contribution in [0.2, 0.25) is 0 Å². The lowest BCUT2D eigenvalue weighted by atomic mass is 9.82. The van der Waals surface area contributed by atoms with Crippen molar-refractivity contribution in [3.8, 4) is 0 Å². The Balaban J connectivity index is 2.30. The van der Waals surface area contributed by atoms with Crippen molar-refractivity contribution in [2.75, 3.05) is 13.2 Å². The van der Waals surface area contributed by atoms with Gasteiger partial charge in [0.2, 0.25) is 0 Å². The van der Waals surface area contributed by atoms with E-state index in [0.29, 0.717) is 6.54 Å². The second-order valence-corrected chi connectivity index (χ2v) is 4.82. The first-order valence-corrected chi connectivity index (χ1v) is 5.61. The third-order valence-electron chi connectivity index (χ3n) is 3.43. The third kappa shape index (κ3) is 2.06. The first-order chi connectivity index (χ1) is 7.19. The van der Waals surface area contributed by atoms with Crippen LogP contribution in [0.1, 0.15) is 36.8 Å². The van der Waals surface area contributed by atoms with E-state index in [4.69, 9.17) is 5.73 Å². The summed E-state index contributed by atoms with van der Waals surface area (Å²) in [5.41, 5.74) is 8.01. The Morgan fingerprint density at radius 3 is 2.73 bits per heavy atom. The molecule has 2 nitrogen and oxygen atoms in total. The number of hydrogen-bond donors (Lipinski definition) is 2. The van der Waals surface area contributed by atoms with Crippen molar-refractivity contribution in [3.05, 3.63) is 35.4 Å². The normalized spacial score (nSPS) is 19.9. The van der Waals surface area contributed by atoms with E-state index in [2.05, 4.69) is 24.3 Å². The molecule has 0 heterocycles. The maximum absolute atomic E-state index is 9.40. The monoisotopic (exact) mass is 205 g/mol. The molecule has 2 rings (SSSR count). The maximum Gasteiger partial charge on any atom is 0.0537 e. The molecule has 1 atom stereocenters. The highest BCUT2D eigenvalue weighted by Crippen LogP contribution is 2.41. The summed E-state index contributed by atoms with van der Waals surface area (Å²) < 4.78 is 0. The van der Waals surface area contributed by atoms with E-state index in [0.717, 1.165) is 11.5 Å². The van der Waals surface area contributed by atoms with Gasteiger partial charge in [-0.15, -0.1) is 0 Å². The summed E-state index contributed by atoms with van der Waals surface area (Å²) in [5, 5.41) is 9.40. The van der Waals surface area contributed by atoms with Gasteiger partial charge in [0, 0.05) is 12.0 Å². The van der Waals surface area contributed by atoms with Crippen LogP contribution >= 0.6 is 0 Å². The van der Waals surface area contributed by atoms with Gasteiger partial charge in [-0.25, -0.2) is 0 Å². The summed E-state index contributed by atoms with van der Waals surface area (Å²) in [6.45, 7) is 2.61. The molecule has 1 fully saturated rings. The fourth-order valence-electron chi connectivity index (χ4n) is 1.86. The van der Waals surface area contributed by atoms with Crippen LogP contribution in [-0.4, -0.2) is 18.3 Å². The summed E-state index contributed by atoms with van der Waals surface area (Å²) in [6.07, 6.45) is 2.61. The van der Waals surface area contributed by atoms with Gasteiger partial charge in [0.1, 0.15) is 0 Å². The average molecular weight is 205 g/mol. The van der Waals surface area contributed by atoms with Crippen LogP contribution in [0.3, 0.4) is 0 Å². The minimum absolute atomic E-state index is 0.109. The van der Waals surface area contributed by atoms with E-state index < -0.39 is 0 Å². The largest absolute Gasteiger partial charge is 0.395 e. The molecule has 0 aliphatic heterocycles. The molecule has 1 aliphatic carbocycles. The van der Waals surface area contributed by atoms with Crippen molar-refractivity contribution in [3.63, 3.8) is 0 Å². The fourth-order valence-corrected chi connectivity index (χ4v) is 1.86. The molecule has 0 amide bonds. The second-order valence-electron chi connectivity index (χ2n) is 4.82. The Labute approximate surface area is 91.1 Å². The topological polar surface area (TPSA) is 46.2 Å². The SMILES string of the molecule is CC(CN)(CO)c1cccc(C2CC2)c1. The summed E-state index contributed by atoms with van der Waals surface area (Å²) in [4.78, 5) is 0. The molecule has 0 spiro atoms. The zero-order chi connectivity index (χ0) is 10.9. The van der Waals surface area contributed by atoms with Gasteiger partial charge in [-0.05, 0) is 29.9 Å². The first-order valence-electron chi connectivity index (χ1n) is 5.61. The molecule has 82 valence electrons. The van der Waals surface area contributed by atoms with E-state index in [9.17, 15) is 5.11 Å². The number of aliphatic hydroxyl groups excluding tert-OH is 1. The van der Waals surface area contributed by atoms with Crippen molar-refractivity contribution in [1.29, 1.82) is 0 Å². The molecule has 1 saturated carbocycles. The van der Waals surface area contributed by atoms with Gasteiger partial charge in [-0.3, -0.25) is 0 Å². The van der Waals surface area contributed by atoms with Crippen LogP contribution in [0.4, 0.5) is 0 Å². The molecule has 0 radical (unpaired) electrons. The first kappa shape index (κ1) is 10.7. The molecular weight excluding hydrogens is 186 g/mol. The standard InChI is InChI=1S/C13H19NO/c1-13(8-14,9-15)12-4-2-3-11(7-12)10-5-6-10/h2-4,7,10,15H,5-6,8-9,14H2,1H3. The van der Waals surface area contributed by atoms with Crippen LogP contribution in [-0.2, 0) is 5.41 Å². The van der Waals surface area contributed by atoms with E-state index in [1.54, 1.807) is 0 Å². The Morgan fingerprint density at radius 1 is 1.47 bits per heavy atom. The van der Waals surface area contributed by atoms with Gasteiger partial charge >= 0.3 is 0 Å². The van der Waals surface area contributed by atoms with Crippen molar-refractivity contribution in [2.24, 2.45) is 5.73 Å². The van der Waals surface area contributed by atoms with Crippen LogP contribution in [0, 0.1) is 0 Å². The maximum atomic E-state index is 9.40. The van der Waals surface area contributed by atoms with E-state index in [-0.39, 0.29) is 12.0 Å². The quantitative estimate of drug-likeness (QED) is 0.787. The Hall–Kier alpha value is -0.860. The Morgan fingerprint density at radius 2 is 2.20 bits per heavy atom. The number of nitrogens with two attached hydrogens (primary N) is 1. The van der Waals surface area contributed by atoms with Gasteiger partial charge in [-0.2, -0.15) is 0 Å².